The number of nitrogens with two attached hydrogens (primary N) is 1. The normalized spacial score (nSPS) is 18.4. The third-order valence-corrected chi connectivity index (χ3v) is 6.04. The van der Waals surface area contributed by atoms with E-state index in [1.165, 1.54) is 16.4 Å². The Balaban J connectivity index is 2.27. The van der Waals surface area contributed by atoms with E-state index in [2.05, 4.69) is 11.8 Å². The van der Waals surface area contributed by atoms with E-state index in [0.717, 1.165) is 19.6 Å². The zero-order chi connectivity index (χ0) is 14.9. The average molecular weight is 318 g/mol. The number of likely N-dealkylation sites (N-methyl/N-ethyl adjacent to an activating group) is 1. The molecule has 1 heterocycles. The number of piperazine rings is 1. The molecule has 0 amide bonds. The summed E-state index contributed by atoms with van der Waals surface area (Å²) >= 11 is 6.04. The maximum Gasteiger partial charge on any atom is 0.243 e. The maximum atomic E-state index is 12.6. The highest BCUT2D eigenvalue weighted by atomic mass is 35.5. The van der Waals surface area contributed by atoms with E-state index >= 15 is 0 Å². The molecule has 112 valence electrons. The second-order valence-electron chi connectivity index (χ2n) is 4.96. The first kappa shape index (κ1) is 15.6. The van der Waals surface area contributed by atoms with Gasteiger partial charge in [0.05, 0.1) is 4.90 Å². The first-order valence-corrected chi connectivity index (χ1v) is 8.46. The van der Waals surface area contributed by atoms with Gasteiger partial charge in [-0.3, -0.25) is 0 Å². The second kappa shape index (κ2) is 5.89. The van der Waals surface area contributed by atoms with Crippen LogP contribution in [-0.2, 0) is 10.0 Å². The van der Waals surface area contributed by atoms with Crippen LogP contribution in [0.2, 0.25) is 5.02 Å². The van der Waals surface area contributed by atoms with Crippen LogP contribution in [0.15, 0.2) is 17.0 Å². The van der Waals surface area contributed by atoms with Crippen LogP contribution in [0.4, 0.5) is 5.69 Å². The third kappa shape index (κ3) is 2.93. The molecule has 1 aliphatic heterocycles. The van der Waals surface area contributed by atoms with Gasteiger partial charge in [0.25, 0.3) is 0 Å². The van der Waals surface area contributed by atoms with Crippen molar-refractivity contribution in [2.24, 2.45) is 0 Å². The first-order chi connectivity index (χ1) is 9.36. The standard InChI is InChI=1S/C13H20ClN3O2S/c1-3-16-4-6-17(7-5-16)20(18,19)11-8-12(14)10(2)13(15)9-11/h8-9H,3-7,15H2,1-2H3. The number of nitrogen functional groups attached to an aromatic ring is 1. The number of benzene rings is 1. The summed E-state index contributed by atoms with van der Waals surface area (Å²) in [5, 5.41) is 0.385. The van der Waals surface area contributed by atoms with Gasteiger partial charge in [-0.15, -0.1) is 0 Å². The molecule has 7 heteroatoms. The Morgan fingerprint density at radius 3 is 2.35 bits per heavy atom. The maximum absolute atomic E-state index is 12.6. The Morgan fingerprint density at radius 2 is 1.85 bits per heavy atom. The third-order valence-electron chi connectivity index (χ3n) is 3.77. The van der Waals surface area contributed by atoms with Crippen molar-refractivity contribution in [2.75, 3.05) is 38.5 Å². The van der Waals surface area contributed by atoms with Crippen molar-refractivity contribution in [3.8, 4) is 0 Å². The highest BCUT2D eigenvalue weighted by Crippen LogP contribution is 2.28. The average Bonchev–Trinajstić information content (AvgIpc) is 2.44. The molecule has 0 bridgehead atoms. The minimum atomic E-state index is -3.51. The van der Waals surface area contributed by atoms with Gasteiger partial charge in [0.1, 0.15) is 0 Å². The summed E-state index contributed by atoms with van der Waals surface area (Å²) in [6.07, 6.45) is 0. The molecule has 0 spiro atoms. The lowest BCUT2D eigenvalue weighted by molar-refractivity contribution is 0.196. The number of hydrogen-bond acceptors (Lipinski definition) is 4. The fraction of sp³-hybridized carbons (Fsp3) is 0.538. The highest BCUT2D eigenvalue weighted by molar-refractivity contribution is 7.89. The van der Waals surface area contributed by atoms with Crippen molar-refractivity contribution >= 4 is 27.3 Å². The lowest BCUT2D eigenvalue weighted by atomic mass is 10.2. The fourth-order valence-electron chi connectivity index (χ4n) is 2.26. The van der Waals surface area contributed by atoms with Crippen molar-refractivity contribution in [3.63, 3.8) is 0 Å². The van der Waals surface area contributed by atoms with E-state index in [0.29, 0.717) is 29.4 Å². The molecule has 1 fully saturated rings. The van der Waals surface area contributed by atoms with Gasteiger partial charge in [-0.25, -0.2) is 8.42 Å². The largest absolute Gasteiger partial charge is 0.398 e. The Hall–Kier alpha value is -0.820. The quantitative estimate of drug-likeness (QED) is 0.859. The minimum absolute atomic E-state index is 0.176. The van der Waals surface area contributed by atoms with Crippen LogP contribution in [-0.4, -0.2) is 50.3 Å². The molecular formula is C13H20ClN3O2S. The fourth-order valence-corrected chi connectivity index (χ4v) is 4.03. The van der Waals surface area contributed by atoms with Crippen molar-refractivity contribution in [3.05, 3.63) is 22.7 Å². The second-order valence-corrected chi connectivity index (χ2v) is 7.30. The van der Waals surface area contributed by atoms with E-state index in [1.807, 2.05) is 0 Å². The summed E-state index contributed by atoms with van der Waals surface area (Å²) in [4.78, 5) is 2.40. The van der Waals surface area contributed by atoms with Gasteiger partial charge in [0, 0.05) is 36.9 Å². The van der Waals surface area contributed by atoms with Gasteiger partial charge in [0.2, 0.25) is 10.0 Å². The molecule has 0 aliphatic carbocycles. The number of nitrogens with zero attached hydrogens (tertiary/aromatic N) is 2. The van der Waals surface area contributed by atoms with Crippen molar-refractivity contribution in [1.82, 2.24) is 9.21 Å². The topological polar surface area (TPSA) is 66.6 Å². The SMILES string of the molecule is CCN1CCN(S(=O)(=O)c2cc(N)c(C)c(Cl)c2)CC1. The van der Waals surface area contributed by atoms with Crippen LogP contribution in [0, 0.1) is 6.92 Å². The van der Waals surface area contributed by atoms with Crippen LogP contribution in [0.1, 0.15) is 12.5 Å². The van der Waals surface area contributed by atoms with E-state index in [4.69, 9.17) is 17.3 Å². The number of rotatable bonds is 3. The smallest absolute Gasteiger partial charge is 0.243 e. The van der Waals surface area contributed by atoms with Gasteiger partial charge >= 0.3 is 0 Å². The molecule has 1 saturated heterocycles. The summed E-state index contributed by atoms with van der Waals surface area (Å²) in [5.74, 6) is 0. The Bertz CT molecular complexity index is 573. The van der Waals surface area contributed by atoms with Gasteiger partial charge in [-0.05, 0) is 31.2 Å². The van der Waals surface area contributed by atoms with E-state index in [-0.39, 0.29) is 4.90 Å². The molecule has 0 atom stereocenters. The van der Waals surface area contributed by atoms with Crippen LogP contribution >= 0.6 is 11.6 Å². The van der Waals surface area contributed by atoms with Gasteiger partial charge in [-0.2, -0.15) is 4.31 Å². The van der Waals surface area contributed by atoms with Crippen molar-refractivity contribution < 1.29 is 8.42 Å². The summed E-state index contributed by atoms with van der Waals surface area (Å²) in [6.45, 7) is 7.30. The summed E-state index contributed by atoms with van der Waals surface area (Å²) in [7, 11) is -3.51. The molecule has 0 aromatic heterocycles. The lowest BCUT2D eigenvalue weighted by Gasteiger charge is -2.33. The Morgan fingerprint density at radius 1 is 1.25 bits per heavy atom. The molecule has 2 N–H and O–H groups in total. The van der Waals surface area contributed by atoms with Crippen LogP contribution in [0.3, 0.4) is 0 Å². The molecule has 1 aromatic rings. The lowest BCUT2D eigenvalue weighted by Crippen LogP contribution is -2.48. The van der Waals surface area contributed by atoms with Crippen molar-refractivity contribution in [2.45, 2.75) is 18.7 Å². The number of hydrogen-bond donors (Lipinski definition) is 1. The molecular weight excluding hydrogens is 298 g/mol. The van der Waals surface area contributed by atoms with Crippen LogP contribution in [0.25, 0.3) is 0 Å². The van der Waals surface area contributed by atoms with Gasteiger partial charge in [-0.1, -0.05) is 18.5 Å². The highest BCUT2D eigenvalue weighted by Gasteiger charge is 2.28. The minimum Gasteiger partial charge on any atom is -0.398 e. The number of halogens is 1. The predicted octanol–water partition coefficient (Wildman–Crippen LogP) is 1.56. The summed E-state index contributed by atoms with van der Waals surface area (Å²) in [5.41, 5.74) is 6.93. The van der Waals surface area contributed by atoms with Crippen LogP contribution < -0.4 is 5.73 Å². The van der Waals surface area contributed by atoms with Crippen LogP contribution in [0.5, 0.6) is 0 Å². The van der Waals surface area contributed by atoms with E-state index in [1.54, 1.807) is 6.92 Å². The number of anilines is 1. The molecule has 20 heavy (non-hydrogen) atoms. The Kier molecular flexibility index (Phi) is 4.59. The number of sulfonamides is 1. The summed E-state index contributed by atoms with van der Waals surface area (Å²) in [6, 6.07) is 2.97. The zero-order valence-electron chi connectivity index (χ0n) is 11.8. The molecule has 2 rings (SSSR count). The molecule has 1 aliphatic rings. The van der Waals surface area contributed by atoms with Gasteiger partial charge < -0.3 is 10.6 Å². The Labute approximate surface area is 125 Å². The van der Waals surface area contributed by atoms with Gasteiger partial charge in [0.15, 0.2) is 0 Å². The van der Waals surface area contributed by atoms with Crippen molar-refractivity contribution in [1.29, 1.82) is 0 Å². The predicted molar refractivity (Wildman–Crippen MR) is 81.5 cm³/mol. The molecule has 5 nitrogen and oxygen atoms in total. The molecule has 1 aromatic carbocycles. The summed E-state index contributed by atoms with van der Waals surface area (Å²) < 4.78 is 26.7. The van der Waals surface area contributed by atoms with E-state index < -0.39 is 10.0 Å². The molecule has 0 saturated carbocycles. The zero-order valence-corrected chi connectivity index (χ0v) is 13.3. The first-order valence-electron chi connectivity index (χ1n) is 6.64. The molecule has 0 unspecified atom stereocenters. The molecule has 0 radical (unpaired) electrons. The monoisotopic (exact) mass is 317 g/mol. The van der Waals surface area contributed by atoms with E-state index in [9.17, 15) is 8.42 Å².